The van der Waals surface area contributed by atoms with Gasteiger partial charge in [0.25, 0.3) is 0 Å². The topological polar surface area (TPSA) is 60.9 Å². The number of piperazine rings is 1. The van der Waals surface area contributed by atoms with E-state index >= 15 is 0 Å². The molecule has 1 aromatic carbocycles. The van der Waals surface area contributed by atoms with Crippen molar-refractivity contribution in [3.8, 4) is 0 Å². The highest BCUT2D eigenvalue weighted by molar-refractivity contribution is 7.99. The molecule has 0 bridgehead atoms. The lowest BCUT2D eigenvalue weighted by Crippen LogP contribution is -2.58. The predicted octanol–water partition coefficient (Wildman–Crippen LogP) is 2.55. The number of amides is 3. The SMILES string of the molecule is CCCCN1CCN([C@@H](C(=O)N(C)C2CCSCC2)c2ccccc2)C(=O)C1=O. The van der Waals surface area contributed by atoms with Crippen LogP contribution in [-0.2, 0) is 14.4 Å². The number of carbonyl (C=O) groups excluding carboxylic acids is 3. The monoisotopic (exact) mass is 417 g/mol. The van der Waals surface area contributed by atoms with Crippen LogP contribution < -0.4 is 0 Å². The summed E-state index contributed by atoms with van der Waals surface area (Å²) >= 11 is 1.92. The fraction of sp³-hybridized carbons (Fsp3) is 0.591. The first-order valence-electron chi connectivity index (χ1n) is 10.5. The molecular weight excluding hydrogens is 386 g/mol. The van der Waals surface area contributed by atoms with Crippen LogP contribution in [0.1, 0.15) is 44.2 Å². The molecule has 0 saturated carbocycles. The molecule has 29 heavy (non-hydrogen) atoms. The van der Waals surface area contributed by atoms with E-state index in [1.807, 2.05) is 49.1 Å². The minimum Gasteiger partial charge on any atom is -0.341 e. The summed E-state index contributed by atoms with van der Waals surface area (Å²) in [6.07, 6.45) is 3.78. The molecule has 158 valence electrons. The molecule has 1 aromatic rings. The number of rotatable bonds is 7. The van der Waals surface area contributed by atoms with Gasteiger partial charge in [0.2, 0.25) is 5.91 Å². The van der Waals surface area contributed by atoms with Crippen LogP contribution in [0.15, 0.2) is 30.3 Å². The number of nitrogens with zero attached hydrogens (tertiary/aromatic N) is 3. The van der Waals surface area contributed by atoms with Crippen molar-refractivity contribution in [2.45, 2.75) is 44.7 Å². The highest BCUT2D eigenvalue weighted by Gasteiger charge is 2.41. The molecule has 1 atom stereocenters. The Morgan fingerprint density at radius 3 is 2.48 bits per heavy atom. The van der Waals surface area contributed by atoms with Crippen molar-refractivity contribution in [2.75, 3.05) is 38.2 Å². The largest absolute Gasteiger partial charge is 0.341 e. The smallest absolute Gasteiger partial charge is 0.313 e. The van der Waals surface area contributed by atoms with Crippen molar-refractivity contribution in [3.63, 3.8) is 0 Å². The number of benzene rings is 1. The lowest BCUT2D eigenvalue weighted by atomic mass is 10.0. The molecule has 0 aromatic heterocycles. The summed E-state index contributed by atoms with van der Waals surface area (Å²) in [6, 6.07) is 8.81. The Bertz CT molecular complexity index is 721. The molecule has 0 unspecified atom stereocenters. The fourth-order valence-corrected chi connectivity index (χ4v) is 5.12. The first-order valence-corrected chi connectivity index (χ1v) is 11.7. The summed E-state index contributed by atoms with van der Waals surface area (Å²) in [6.45, 7) is 3.52. The third-order valence-electron chi connectivity index (χ3n) is 5.87. The number of thioether (sulfide) groups is 1. The number of likely N-dealkylation sites (N-methyl/N-ethyl adjacent to an activating group) is 1. The van der Waals surface area contributed by atoms with Gasteiger partial charge in [0.1, 0.15) is 6.04 Å². The number of hydrogen-bond donors (Lipinski definition) is 0. The minimum absolute atomic E-state index is 0.101. The maximum atomic E-state index is 13.5. The van der Waals surface area contributed by atoms with Gasteiger partial charge in [-0.2, -0.15) is 11.8 Å². The van der Waals surface area contributed by atoms with E-state index in [0.717, 1.165) is 42.8 Å². The number of carbonyl (C=O) groups is 3. The molecular formula is C22H31N3O3S. The van der Waals surface area contributed by atoms with Crippen molar-refractivity contribution in [1.29, 1.82) is 0 Å². The molecule has 0 spiro atoms. The van der Waals surface area contributed by atoms with Gasteiger partial charge >= 0.3 is 11.8 Å². The fourth-order valence-electron chi connectivity index (χ4n) is 4.03. The van der Waals surface area contributed by atoms with Gasteiger partial charge in [0, 0.05) is 32.7 Å². The molecule has 2 fully saturated rings. The summed E-state index contributed by atoms with van der Waals surface area (Å²) in [4.78, 5) is 44.1. The van der Waals surface area contributed by atoms with Crippen molar-refractivity contribution in [3.05, 3.63) is 35.9 Å². The predicted molar refractivity (Wildman–Crippen MR) is 116 cm³/mol. The third-order valence-corrected chi connectivity index (χ3v) is 6.92. The maximum Gasteiger partial charge on any atom is 0.313 e. The number of hydrogen-bond acceptors (Lipinski definition) is 4. The van der Waals surface area contributed by atoms with Crippen molar-refractivity contribution >= 4 is 29.5 Å². The van der Waals surface area contributed by atoms with E-state index in [2.05, 4.69) is 6.92 Å². The lowest BCUT2D eigenvalue weighted by Gasteiger charge is -2.41. The lowest BCUT2D eigenvalue weighted by molar-refractivity contribution is -0.161. The molecule has 0 radical (unpaired) electrons. The van der Waals surface area contributed by atoms with Crippen LogP contribution in [0, 0.1) is 0 Å². The van der Waals surface area contributed by atoms with Crippen LogP contribution in [-0.4, -0.2) is 76.7 Å². The second-order valence-electron chi connectivity index (χ2n) is 7.75. The van der Waals surface area contributed by atoms with Crippen molar-refractivity contribution in [1.82, 2.24) is 14.7 Å². The first kappa shape index (κ1) is 21.7. The Hall–Kier alpha value is -2.02. The van der Waals surface area contributed by atoms with Gasteiger partial charge in [-0.25, -0.2) is 0 Å². The van der Waals surface area contributed by atoms with E-state index in [4.69, 9.17) is 0 Å². The Morgan fingerprint density at radius 2 is 1.83 bits per heavy atom. The van der Waals surface area contributed by atoms with Gasteiger partial charge in [-0.3, -0.25) is 14.4 Å². The van der Waals surface area contributed by atoms with E-state index in [9.17, 15) is 14.4 Å². The zero-order valence-electron chi connectivity index (χ0n) is 17.4. The Labute approximate surface area is 177 Å². The summed E-state index contributed by atoms with van der Waals surface area (Å²) in [5.74, 6) is 0.936. The van der Waals surface area contributed by atoms with E-state index in [1.165, 1.54) is 4.90 Å². The van der Waals surface area contributed by atoms with Crippen LogP contribution in [0.5, 0.6) is 0 Å². The van der Waals surface area contributed by atoms with Crippen LogP contribution in [0.4, 0.5) is 0 Å². The van der Waals surface area contributed by atoms with E-state index in [0.29, 0.717) is 19.6 Å². The second-order valence-corrected chi connectivity index (χ2v) is 8.97. The highest BCUT2D eigenvalue weighted by Crippen LogP contribution is 2.29. The Morgan fingerprint density at radius 1 is 1.14 bits per heavy atom. The molecule has 0 N–H and O–H groups in total. The molecule has 3 rings (SSSR count). The molecule has 2 saturated heterocycles. The van der Waals surface area contributed by atoms with Gasteiger partial charge in [0.15, 0.2) is 0 Å². The number of unbranched alkanes of at least 4 members (excludes halogenated alkanes) is 1. The zero-order chi connectivity index (χ0) is 20.8. The normalized spacial score (nSPS) is 19.4. The minimum atomic E-state index is -0.749. The summed E-state index contributed by atoms with van der Waals surface area (Å²) in [5.41, 5.74) is 0.762. The third kappa shape index (κ3) is 4.94. The van der Waals surface area contributed by atoms with Gasteiger partial charge in [-0.05, 0) is 36.3 Å². The molecule has 2 aliphatic heterocycles. The van der Waals surface area contributed by atoms with Crippen LogP contribution in [0.2, 0.25) is 0 Å². The van der Waals surface area contributed by atoms with Gasteiger partial charge in [-0.1, -0.05) is 43.7 Å². The Balaban J connectivity index is 1.83. The first-order chi connectivity index (χ1) is 14.0. The van der Waals surface area contributed by atoms with Crippen LogP contribution in [0.25, 0.3) is 0 Å². The average Bonchev–Trinajstić information content (AvgIpc) is 2.77. The second kappa shape index (κ2) is 10.1. The van der Waals surface area contributed by atoms with E-state index < -0.39 is 17.9 Å². The molecule has 0 aliphatic carbocycles. The Kier molecular flexibility index (Phi) is 7.58. The van der Waals surface area contributed by atoms with Crippen molar-refractivity contribution < 1.29 is 14.4 Å². The molecule has 2 aliphatic rings. The summed E-state index contributed by atoms with van der Waals surface area (Å²) < 4.78 is 0. The molecule has 6 nitrogen and oxygen atoms in total. The maximum absolute atomic E-state index is 13.5. The summed E-state index contributed by atoms with van der Waals surface area (Å²) in [7, 11) is 1.84. The zero-order valence-corrected chi connectivity index (χ0v) is 18.2. The highest BCUT2D eigenvalue weighted by atomic mass is 32.2. The van der Waals surface area contributed by atoms with Gasteiger partial charge < -0.3 is 14.7 Å². The molecule has 2 heterocycles. The average molecular weight is 418 g/mol. The van der Waals surface area contributed by atoms with Gasteiger partial charge in [0.05, 0.1) is 0 Å². The molecule has 3 amide bonds. The van der Waals surface area contributed by atoms with Crippen LogP contribution in [0.3, 0.4) is 0 Å². The van der Waals surface area contributed by atoms with E-state index in [1.54, 1.807) is 9.80 Å². The van der Waals surface area contributed by atoms with Gasteiger partial charge in [-0.15, -0.1) is 0 Å². The van der Waals surface area contributed by atoms with Crippen LogP contribution >= 0.6 is 11.8 Å². The van der Waals surface area contributed by atoms with E-state index in [-0.39, 0.29) is 11.9 Å². The van der Waals surface area contributed by atoms with Crippen molar-refractivity contribution in [2.24, 2.45) is 0 Å². The quantitative estimate of drug-likeness (QED) is 0.640. The molecule has 7 heteroatoms. The standard InChI is InChI=1S/C22H31N3O3S/c1-3-4-12-24-13-14-25(22(28)21(24)27)19(17-8-6-5-7-9-17)20(26)23(2)18-10-15-29-16-11-18/h5-9,18-19H,3-4,10-16H2,1-2H3/t19-/m1/s1. The summed E-state index contributed by atoms with van der Waals surface area (Å²) in [5, 5.41) is 0.